The van der Waals surface area contributed by atoms with Crippen LogP contribution >= 0.6 is 11.3 Å². The molecule has 2 aromatic heterocycles. The van der Waals surface area contributed by atoms with Crippen molar-refractivity contribution in [2.75, 3.05) is 6.54 Å². The summed E-state index contributed by atoms with van der Waals surface area (Å²) in [5.41, 5.74) is 3.94. The summed E-state index contributed by atoms with van der Waals surface area (Å²) in [7, 11) is 0. The zero-order valence-electron chi connectivity index (χ0n) is 11.9. The van der Waals surface area contributed by atoms with Crippen molar-refractivity contribution in [1.82, 2.24) is 14.9 Å². The van der Waals surface area contributed by atoms with Crippen molar-refractivity contribution in [2.24, 2.45) is 0 Å². The van der Waals surface area contributed by atoms with E-state index in [2.05, 4.69) is 22.1 Å². The standard InChI is InChI=1S/C17H15N3OS/c21-17(13-7-9-22-10-13)20-8-6-14-15(19-11-18-14)16(20)12-4-2-1-3-5-12/h1-5,7,9-11,16H,6,8H2,(H,18,19). The zero-order valence-corrected chi connectivity index (χ0v) is 12.7. The zero-order chi connectivity index (χ0) is 14.9. The monoisotopic (exact) mass is 309 g/mol. The maximum Gasteiger partial charge on any atom is 0.255 e. The number of H-pyrrole nitrogens is 1. The highest BCUT2D eigenvalue weighted by Gasteiger charge is 2.34. The van der Waals surface area contributed by atoms with Crippen molar-refractivity contribution < 1.29 is 4.79 Å². The molecule has 22 heavy (non-hydrogen) atoms. The molecule has 5 heteroatoms. The van der Waals surface area contributed by atoms with Crippen LogP contribution in [0.25, 0.3) is 0 Å². The van der Waals surface area contributed by atoms with Gasteiger partial charge in [0.15, 0.2) is 0 Å². The van der Waals surface area contributed by atoms with Crippen LogP contribution in [0.15, 0.2) is 53.5 Å². The number of thiophene rings is 1. The number of aromatic amines is 1. The third-order valence-corrected chi connectivity index (χ3v) is 4.75. The van der Waals surface area contributed by atoms with Gasteiger partial charge in [0.1, 0.15) is 6.04 Å². The Morgan fingerprint density at radius 2 is 2.14 bits per heavy atom. The van der Waals surface area contributed by atoms with Gasteiger partial charge in [0.2, 0.25) is 0 Å². The number of nitrogens with zero attached hydrogens (tertiary/aromatic N) is 2. The molecule has 110 valence electrons. The number of fused-ring (bicyclic) bond motifs is 1. The molecule has 1 atom stereocenters. The first-order valence-electron chi connectivity index (χ1n) is 7.25. The number of carbonyl (C=O) groups excluding carboxylic acids is 1. The summed E-state index contributed by atoms with van der Waals surface area (Å²) in [6.07, 6.45) is 2.54. The van der Waals surface area contributed by atoms with E-state index in [1.807, 2.05) is 39.9 Å². The molecule has 1 N–H and O–H groups in total. The number of rotatable bonds is 2. The fourth-order valence-electron chi connectivity index (χ4n) is 3.02. The number of amides is 1. The first-order chi connectivity index (χ1) is 10.8. The predicted molar refractivity (Wildman–Crippen MR) is 85.9 cm³/mol. The molecule has 0 spiro atoms. The molecule has 1 unspecified atom stereocenters. The first-order valence-corrected chi connectivity index (χ1v) is 8.19. The predicted octanol–water partition coefficient (Wildman–Crippen LogP) is 3.26. The van der Waals surface area contributed by atoms with Crippen molar-refractivity contribution in [3.05, 3.63) is 76.0 Å². The highest BCUT2D eigenvalue weighted by atomic mass is 32.1. The van der Waals surface area contributed by atoms with Gasteiger partial charge in [-0.05, 0) is 17.0 Å². The van der Waals surface area contributed by atoms with Crippen LogP contribution in [0.4, 0.5) is 0 Å². The molecular formula is C17H15N3OS. The van der Waals surface area contributed by atoms with E-state index < -0.39 is 0 Å². The Labute approximate surface area is 132 Å². The Balaban J connectivity index is 1.79. The number of carbonyl (C=O) groups is 1. The fourth-order valence-corrected chi connectivity index (χ4v) is 3.65. The SMILES string of the molecule is O=C(c1ccsc1)N1CCc2[nH]cnc2C1c1ccccc1. The molecule has 4 rings (SSSR count). The number of benzene rings is 1. The van der Waals surface area contributed by atoms with Crippen LogP contribution in [0, 0.1) is 0 Å². The van der Waals surface area contributed by atoms with Gasteiger partial charge in [-0.3, -0.25) is 4.79 Å². The summed E-state index contributed by atoms with van der Waals surface area (Å²) in [6.45, 7) is 0.698. The molecule has 3 heterocycles. The third kappa shape index (κ3) is 2.14. The minimum atomic E-state index is -0.122. The Kier molecular flexibility index (Phi) is 3.27. The number of imidazole rings is 1. The summed E-state index contributed by atoms with van der Waals surface area (Å²) in [5.74, 6) is 0.0729. The Bertz CT molecular complexity index is 779. The van der Waals surface area contributed by atoms with Crippen LogP contribution in [0.2, 0.25) is 0 Å². The molecule has 1 aliphatic heterocycles. The Morgan fingerprint density at radius 1 is 1.27 bits per heavy atom. The van der Waals surface area contributed by atoms with E-state index in [1.165, 1.54) is 0 Å². The molecule has 0 fully saturated rings. The quantitative estimate of drug-likeness (QED) is 0.790. The Morgan fingerprint density at radius 3 is 2.91 bits per heavy atom. The average molecular weight is 309 g/mol. The topological polar surface area (TPSA) is 49.0 Å². The largest absolute Gasteiger partial charge is 0.348 e. The average Bonchev–Trinajstić information content (AvgIpc) is 3.25. The van der Waals surface area contributed by atoms with E-state index in [0.29, 0.717) is 6.54 Å². The minimum absolute atomic E-state index is 0.0729. The normalized spacial score (nSPS) is 17.3. The lowest BCUT2D eigenvalue weighted by atomic mass is 9.95. The van der Waals surface area contributed by atoms with Crippen molar-refractivity contribution in [2.45, 2.75) is 12.5 Å². The van der Waals surface area contributed by atoms with E-state index in [0.717, 1.165) is 28.9 Å². The molecule has 0 saturated heterocycles. The fraction of sp³-hybridized carbons (Fsp3) is 0.176. The van der Waals surface area contributed by atoms with Gasteiger partial charge in [-0.1, -0.05) is 30.3 Å². The summed E-state index contributed by atoms with van der Waals surface area (Å²) < 4.78 is 0. The molecule has 1 amide bonds. The summed E-state index contributed by atoms with van der Waals surface area (Å²) in [4.78, 5) is 22.5. The molecule has 4 nitrogen and oxygen atoms in total. The van der Waals surface area contributed by atoms with E-state index in [1.54, 1.807) is 17.7 Å². The first kappa shape index (κ1) is 13.3. The molecule has 1 aliphatic rings. The second kappa shape index (κ2) is 5.42. The van der Waals surface area contributed by atoms with Crippen LogP contribution < -0.4 is 0 Å². The van der Waals surface area contributed by atoms with Crippen LogP contribution in [0.1, 0.15) is 33.4 Å². The van der Waals surface area contributed by atoms with Crippen LogP contribution in [-0.2, 0) is 6.42 Å². The van der Waals surface area contributed by atoms with E-state index in [9.17, 15) is 4.79 Å². The van der Waals surface area contributed by atoms with Crippen LogP contribution in [0.3, 0.4) is 0 Å². The second-order valence-electron chi connectivity index (χ2n) is 5.34. The summed E-state index contributed by atoms with van der Waals surface area (Å²) >= 11 is 1.55. The van der Waals surface area contributed by atoms with Gasteiger partial charge in [0.25, 0.3) is 5.91 Å². The molecule has 0 aliphatic carbocycles. The van der Waals surface area contributed by atoms with E-state index in [-0.39, 0.29) is 11.9 Å². The minimum Gasteiger partial charge on any atom is -0.348 e. The van der Waals surface area contributed by atoms with Crippen molar-refractivity contribution >= 4 is 17.2 Å². The van der Waals surface area contributed by atoms with Crippen LogP contribution in [0.5, 0.6) is 0 Å². The molecule has 0 radical (unpaired) electrons. The molecule has 0 saturated carbocycles. The molecule has 0 bridgehead atoms. The highest BCUT2D eigenvalue weighted by Crippen LogP contribution is 2.34. The van der Waals surface area contributed by atoms with Gasteiger partial charge in [-0.15, -0.1) is 0 Å². The van der Waals surface area contributed by atoms with Gasteiger partial charge in [0.05, 0.1) is 17.6 Å². The summed E-state index contributed by atoms with van der Waals surface area (Å²) in [5, 5.41) is 3.85. The second-order valence-corrected chi connectivity index (χ2v) is 6.12. The number of hydrogen-bond acceptors (Lipinski definition) is 3. The maximum absolute atomic E-state index is 12.9. The maximum atomic E-state index is 12.9. The van der Waals surface area contributed by atoms with Gasteiger partial charge < -0.3 is 9.88 Å². The molecule has 3 aromatic rings. The van der Waals surface area contributed by atoms with E-state index in [4.69, 9.17) is 0 Å². The molecule has 1 aromatic carbocycles. The number of hydrogen-bond donors (Lipinski definition) is 1. The van der Waals surface area contributed by atoms with Crippen molar-refractivity contribution in [3.63, 3.8) is 0 Å². The summed E-state index contributed by atoms with van der Waals surface area (Å²) in [6, 6.07) is 11.9. The van der Waals surface area contributed by atoms with Gasteiger partial charge in [0, 0.05) is 24.0 Å². The number of nitrogens with one attached hydrogen (secondary N) is 1. The van der Waals surface area contributed by atoms with Crippen molar-refractivity contribution in [1.29, 1.82) is 0 Å². The van der Waals surface area contributed by atoms with Crippen LogP contribution in [-0.4, -0.2) is 27.3 Å². The highest BCUT2D eigenvalue weighted by molar-refractivity contribution is 7.08. The lowest BCUT2D eigenvalue weighted by Crippen LogP contribution is -2.40. The lowest BCUT2D eigenvalue weighted by molar-refractivity contribution is 0.0691. The van der Waals surface area contributed by atoms with Gasteiger partial charge >= 0.3 is 0 Å². The molecular weight excluding hydrogens is 294 g/mol. The Hall–Kier alpha value is -2.40. The van der Waals surface area contributed by atoms with Gasteiger partial charge in [-0.2, -0.15) is 11.3 Å². The lowest BCUT2D eigenvalue weighted by Gasteiger charge is -2.35. The third-order valence-electron chi connectivity index (χ3n) is 4.07. The number of aromatic nitrogens is 2. The van der Waals surface area contributed by atoms with Crippen molar-refractivity contribution in [3.8, 4) is 0 Å². The van der Waals surface area contributed by atoms with Gasteiger partial charge in [-0.25, -0.2) is 4.98 Å². The van der Waals surface area contributed by atoms with E-state index >= 15 is 0 Å². The smallest absolute Gasteiger partial charge is 0.255 e.